The number of aromatic nitrogens is 1. The van der Waals surface area contributed by atoms with E-state index in [9.17, 15) is 13.2 Å². The number of nitrogens with zero attached hydrogens (tertiary/aromatic N) is 1. The largest absolute Gasteiger partial charge is 0.416 e. The van der Waals surface area contributed by atoms with E-state index in [1.54, 1.807) is 0 Å². The molecule has 1 aromatic heterocycles. The van der Waals surface area contributed by atoms with Gasteiger partial charge in [-0.15, -0.1) is 0 Å². The molecule has 0 aliphatic carbocycles. The summed E-state index contributed by atoms with van der Waals surface area (Å²) >= 11 is 0. The normalized spacial score (nSPS) is 12.9. The number of rotatable bonds is 3. The summed E-state index contributed by atoms with van der Waals surface area (Å²) in [5.41, 5.74) is 0.532. The third-order valence-corrected chi connectivity index (χ3v) is 3.11. The molecule has 0 fully saturated rings. The van der Waals surface area contributed by atoms with E-state index in [0.29, 0.717) is 11.9 Å². The highest BCUT2D eigenvalue weighted by molar-refractivity contribution is 5.79. The minimum Gasteiger partial charge on any atom is -0.312 e. The Morgan fingerprint density at radius 3 is 2.33 bits per heavy atom. The number of halogens is 3. The first-order valence-electron chi connectivity index (χ1n) is 6.87. The zero-order valence-electron chi connectivity index (χ0n) is 12.4. The van der Waals surface area contributed by atoms with Crippen LogP contribution in [0, 0.1) is 0 Å². The first-order valence-corrected chi connectivity index (χ1v) is 6.87. The van der Waals surface area contributed by atoms with Crippen molar-refractivity contribution in [2.75, 3.05) is 6.54 Å². The van der Waals surface area contributed by atoms with Crippen molar-refractivity contribution < 1.29 is 13.2 Å². The molecule has 5 heteroatoms. The van der Waals surface area contributed by atoms with Crippen molar-refractivity contribution in [2.45, 2.75) is 38.9 Å². The second kappa shape index (κ2) is 5.64. The maximum Gasteiger partial charge on any atom is 0.416 e. The van der Waals surface area contributed by atoms with Gasteiger partial charge < -0.3 is 5.32 Å². The van der Waals surface area contributed by atoms with Crippen LogP contribution in [-0.4, -0.2) is 17.1 Å². The molecule has 1 heterocycles. The molecule has 0 unspecified atom stereocenters. The lowest BCUT2D eigenvalue weighted by Gasteiger charge is -2.20. The number of hydrogen-bond acceptors (Lipinski definition) is 2. The SMILES string of the molecule is CC(C)(C)NCCc1ccc2ccc(C(F)(F)F)cc2n1. The minimum absolute atomic E-state index is 0.0142. The number of pyridine rings is 1. The third-order valence-electron chi connectivity index (χ3n) is 3.11. The Hall–Kier alpha value is -1.62. The monoisotopic (exact) mass is 296 g/mol. The fraction of sp³-hybridized carbons (Fsp3) is 0.438. The van der Waals surface area contributed by atoms with Gasteiger partial charge in [-0.3, -0.25) is 4.98 Å². The fourth-order valence-corrected chi connectivity index (χ4v) is 2.04. The second-order valence-electron chi connectivity index (χ2n) is 6.13. The van der Waals surface area contributed by atoms with E-state index in [2.05, 4.69) is 31.1 Å². The zero-order valence-corrected chi connectivity index (χ0v) is 12.4. The van der Waals surface area contributed by atoms with Gasteiger partial charge in [0.05, 0.1) is 11.1 Å². The van der Waals surface area contributed by atoms with Crippen LogP contribution in [0.25, 0.3) is 10.9 Å². The highest BCUT2D eigenvalue weighted by Gasteiger charge is 2.30. The maximum absolute atomic E-state index is 12.7. The van der Waals surface area contributed by atoms with Crippen LogP contribution in [-0.2, 0) is 12.6 Å². The van der Waals surface area contributed by atoms with Gasteiger partial charge in [0.2, 0.25) is 0 Å². The topological polar surface area (TPSA) is 24.9 Å². The van der Waals surface area contributed by atoms with Crippen molar-refractivity contribution in [2.24, 2.45) is 0 Å². The molecule has 0 amide bonds. The summed E-state index contributed by atoms with van der Waals surface area (Å²) in [7, 11) is 0. The Bertz CT molecular complexity index is 627. The van der Waals surface area contributed by atoms with Gasteiger partial charge in [0.15, 0.2) is 0 Å². The van der Waals surface area contributed by atoms with E-state index in [-0.39, 0.29) is 5.54 Å². The average Bonchev–Trinajstić information content (AvgIpc) is 2.35. The van der Waals surface area contributed by atoms with Gasteiger partial charge in [-0.25, -0.2) is 0 Å². The van der Waals surface area contributed by atoms with Crippen molar-refractivity contribution in [3.63, 3.8) is 0 Å². The average molecular weight is 296 g/mol. The Morgan fingerprint density at radius 2 is 1.71 bits per heavy atom. The lowest BCUT2D eigenvalue weighted by molar-refractivity contribution is -0.137. The Labute approximate surface area is 122 Å². The molecule has 114 valence electrons. The molecule has 1 N–H and O–H groups in total. The van der Waals surface area contributed by atoms with E-state index in [1.807, 2.05) is 12.1 Å². The minimum atomic E-state index is -4.33. The highest BCUT2D eigenvalue weighted by atomic mass is 19.4. The summed E-state index contributed by atoms with van der Waals surface area (Å²) in [4.78, 5) is 4.33. The standard InChI is InChI=1S/C16H19F3N2/c1-15(2,3)20-9-8-13-7-5-11-4-6-12(16(17,18)19)10-14(11)21-13/h4-7,10,20H,8-9H2,1-3H3. The van der Waals surface area contributed by atoms with Crippen molar-refractivity contribution in [1.29, 1.82) is 0 Å². The van der Waals surface area contributed by atoms with Gasteiger partial charge in [0.1, 0.15) is 0 Å². The zero-order chi connectivity index (χ0) is 15.7. The predicted molar refractivity (Wildman–Crippen MR) is 78.2 cm³/mol. The van der Waals surface area contributed by atoms with E-state index in [0.717, 1.165) is 29.8 Å². The molecule has 0 saturated heterocycles. The van der Waals surface area contributed by atoms with Crippen molar-refractivity contribution in [3.8, 4) is 0 Å². The molecule has 0 bridgehead atoms. The predicted octanol–water partition coefficient (Wildman–Crippen LogP) is 4.18. The molecule has 0 radical (unpaired) electrons. The van der Waals surface area contributed by atoms with Gasteiger partial charge in [0.25, 0.3) is 0 Å². The molecule has 0 aliphatic rings. The third kappa shape index (κ3) is 4.43. The fourth-order valence-electron chi connectivity index (χ4n) is 2.04. The molecular weight excluding hydrogens is 277 g/mol. The summed E-state index contributed by atoms with van der Waals surface area (Å²) in [6.07, 6.45) is -3.65. The van der Waals surface area contributed by atoms with Crippen LogP contribution < -0.4 is 5.32 Å². The second-order valence-corrected chi connectivity index (χ2v) is 6.13. The molecule has 2 nitrogen and oxygen atoms in total. The smallest absolute Gasteiger partial charge is 0.312 e. The molecular formula is C16H19F3N2. The van der Waals surface area contributed by atoms with Gasteiger partial charge >= 0.3 is 6.18 Å². The lowest BCUT2D eigenvalue weighted by Crippen LogP contribution is -2.37. The highest BCUT2D eigenvalue weighted by Crippen LogP contribution is 2.30. The van der Waals surface area contributed by atoms with E-state index >= 15 is 0 Å². The molecule has 1 aromatic carbocycles. The molecule has 2 aromatic rings. The number of nitrogens with one attached hydrogen (secondary N) is 1. The summed E-state index contributed by atoms with van der Waals surface area (Å²) in [5, 5.41) is 4.05. The Balaban J connectivity index is 2.20. The van der Waals surface area contributed by atoms with Crippen molar-refractivity contribution in [3.05, 3.63) is 41.6 Å². The number of fused-ring (bicyclic) bond motifs is 1. The van der Waals surface area contributed by atoms with Gasteiger partial charge in [-0.05, 0) is 39.0 Å². The first kappa shape index (κ1) is 15.8. The van der Waals surface area contributed by atoms with Crippen LogP contribution >= 0.6 is 0 Å². The summed E-state index contributed by atoms with van der Waals surface area (Å²) in [5.74, 6) is 0. The number of alkyl halides is 3. The van der Waals surface area contributed by atoms with E-state index in [1.165, 1.54) is 6.07 Å². The summed E-state index contributed by atoms with van der Waals surface area (Å²) < 4.78 is 38.1. The molecule has 0 aliphatic heterocycles. The molecule has 0 spiro atoms. The molecule has 2 rings (SSSR count). The number of hydrogen-bond donors (Lipinski definition) is 1. The summed E-state index contributed by atoms with van der Waals surface area (Å²) in [6.45, 7) is 6.93. The Kier molecular flexibility index (Phi) is 4.23. The van der Waals surface area contributed by atoms with Gasteiger partial charge in [0, 0.05) is 29.6 Å². The van der Waals surface area contributed by atoms with Gasteiger partial charge in [-0.2, -0.15) is 13.2 Å². The molecule has 0 atom stereocenters. The van der Waals surface area contributed by atoms with Crippen LogP contribution in [0.2, 0.25) is 0 Å². The molecule has 21 heavy (non-hydrogen) atoms. The van der Waals surface area contributed by atoms with Gasteiger partial charge in [-0.1, -0.05) is 12.1 Å². The van der Waals surface area contributed by atoms with Crippen LogP contribution in [0.4, 0.5) is 13.2 Å². The molecule has 0 saturated carbocycles. The maximum atomic E-state index is 12.7. The first-order chi connectivity index (χ1) is 9.65. The van der Waals surface area contributed by atoms with Crippen molar-refractivity contribution in [1.82, 2.24) is 10.3 Å². The Morgan fingerprint density at radius 1 is 1.05 bits per heavy atom. The van der Waals surface area contributed by atoms with Crippen LogP contribution in [0.1, 0.15) is 32.0 Å². The van der Waals surface area contributed by atoms with Crippen LogP contribution in [0.3, 0.4) is 0 Å². The number of benzene rings is 1. The van der Waals surface area contributed by atoms with E-state index < -0.39 is 11.7 Å². The lowest BCUT2D eigenvalue weighted by atomic mass is 10.1. The quantitative estimate of drug-likeness (QED) is 0.919. The van der Waals surface area contributed by atoms with E-state index in [4.69, 9.17) is 0 Å². The summed E-state index contributed by atoms with van der Waals surface area (Å²) in [6, 6.07) is 7.33. The van der Waals surface area contributed by atoms with Crippen molar-refractivity contribution >= 4 is 10.9 Å². The van der Waals surface area contributed by atoms with Crippen LogP contribution in [0.15, 0.2) is 30.3 Å². The van der Waals surface area contributed by atoms with Crippen LogP contribution in [0.5, 0.6) is 0 Å².